The van der Waals surface area contributed by atoms with Gasteiger partial charge in [0.15, 0.2) is 0 Å². The summed E-state index contributed by atoms with van der Waals surface area (Å²) in [4.78, 5) is 15.3. The largest absolute Gasteiger partial charge is 0.394 e. The molecule has 1 aromatic carbocycles. The van der Waals surface area contributed by atoms with E-state index < -0.39 is 0 Å². The van der Waals surface area contributed by atoms with Gasteiger partial charge in [0.2, 0.25) is 0 Å². The fourth-order valence-electron chi connectivity index (χ4n) is 3.01. The lowest BCUT2D eigenvalue weighted by molar-refractivity contribution is 0.0363. The Labute approximate surface area is 122 Å². The van der Waals surface area contributed by atoms with E-state index in [1.807, 2.05) is 35.2 Å². The van der Waals surface area contributed by atoms with E-state index in [9.17, 15) is 9.90 Å². The maximum Gasteiger partial charge on any atom is 0.264 e. The molecule has 1 fully saturated rings. The molecule has 3 rings (SSSR count). The molecule has 1 aromatic heterocycles. The van der Waals surface area contributed by atoms with Gasteiger partial charge >= 0.3 is 0 Å². The smallest absolute Gasteiger partial charge is 0.264 e. The number of thiophene rings is 1. The fourth-order valence-corrected chi connectivity index (χ4v) is 4.03. The van der Waals surface area contributed by atoms with Gasteiger partial charge in [0.25, 0.3) is 5.91 Å². The molecule has 2 unspecified atom stereocenters. The molecule has 0 aliphatic carbocycles. The van der Waals surface area contributed by atoms with E-state index in [0.717, 1.165) is 34.3 Å². The van der Waals surface area contributed by atoms with Crippen LogP contribution in [0.15, 0.2) is 30.3 Å². The van der Waals surface area contributed by atoms with Gasteiger partial charge in [-0.05, 0) is 36.3 Å². The van der Waals surface area contributed by atoms with Gasteiger partial charge in [-0.2, -0.15) is 0 Å². The Hall–Kier alpha value is -1.39. The second kappa shape index (κ2) is 5.54. The second-order valence-electron chi connectivity index (χ2n) is 5.52. The summed E-state index contributed by atoms with van der Waals surface area (Å²) in [6, 6.07) is 9.98. The van der Waals surface area contributed by atoms with Crippen molar-refractivity contribution in [1.82, 2.24) is 4.90 Å². The van der Waals surface area contributed by atoms with Crippen LogP contribution in [0.2, 0.25) is 0 Å². The van der Waals surface area contributed by atoms with Crippen LogP contribution in [-0.4, -0.2) is 35.1 Å². The van der Waals surface area contributed by atoms with Crippen molar-refractivity contribution in [2.45, 2.75) is 25.8 Å². The zero-order chi connectivity index (χ0) is 14.1. The highest BCUT2D eigenvalue weighted by Gasteiger charge is 2.32. The molecule has 1 aliphatic heterocycles. The Morgan fingerprint density at radius 1 is 1.45 bits per heavy atom. The zero-order valence-electron chi connectivity index (χ0n) is 11.6. The van der Waals surface area contributed by atoms with Crippen molar-refractivity contribution in [2.75, 3.05) is 13.2 Å². The van der Waals surface area contributed by atoms with E-state index in [0.29, 0.717) is 5.92 Å². The second-order valence-corrected chi connectivity index (χ2v) is 6.60. The number of likely N-dealkylation sites (tertiary alicyclic amines) is 1. The Morgan fingerprint density at radius 3 is 3.00 bits per heavy atom. The Bertz CT molecular complexity index is 589. The molecule has 2 heterocycles. The monoisotopic (exact) mass is 289 g/mol. The van der Waals surface area contributed by atoms with E-state index in [1.165, 1.54) is 11.3 Å². The number of fused-ring (bicyclic) bond motifs is 1. The Kier molecular flexibility index (Phi) is 3.76. The third-order valence-electron chi connectivity index (χ3n) is 4.20. The zero-order valence-corrected chi connectivity index (χ0v) is 12.4. The SMILES string of the molecule is CC1CCCN(C(=O)c2cc3ccccc3s2)C1CO. The van der Waals surface area contributed by atoms with Gasteiger partial charge in [-0.15, -0.1) is 11.3 Å². The number of piperidine rings is 1. The van der Waals surface area contributed by atoms with Crippen LogP contribution >= 0.6 is 11.3 Å². The molecule has 20 heavy (non-hydrogen) atoms. The first-order valence-corrected chi connectivity index (χ1v) is 7.93. The van der Waals surface area contributed by atoms with E-state index in [-0.39, 0.29) is 18.6 Å². The summed E-state index contributed by atoms with van der Waals surface area (Å²) in [5.74, 6) is 0.434. The van der Waals surface area contributed by atoms with Crippen molar-refractivity contribution in [2.24, 2.45) is 5.92 Å². The van der Waals surface area contributed by atoms with Gasteiger partial charge in [0, 0.05) is 11.2 Å². The van der Waals surface area contributed by atoms with Crippen molar-refractivity contribution in [3.63, 3.8) is 0 Å². The number of carbonyl (C=O) groups excluding carboxylic acids is 1. The number of rotatable bonds is 2. The highest BCUT2D eigenvalue weighted by atomic mass is 32.1. The molecule has 4 heteroatoms. The molecule has 0 radical (unpaired) electrons. The van der Waals surface area contributed by atoms with Crippen LogP contribution in [0.3, 0.4) is 0 Å². The molecule has 1 N–H and O–H groups in total. The maximum atomic E-state index is 12.7. The number of amides is 1. The lowest BCUT2D eigenvalue weighted by Crippen LogP contribution is -2.49. The molecule has 1 saturated heterocycles. The highest BCUT2D eigenvalue weighted by Crippen LogP contribution is 2.30. The molecular formula is C16H19NO2S. The summed E-state index contributed by atoms with van der Waals surface area (Å²) in [5.41, 5.74) is 0. The highest BCUT2D eigenvalue weighted by molar-refractivity contribution is 7.20. The predicted octanol–water partition coefficient (Wildman–Crippen LogP) is 3.13. The van der Waals surface area contributed by atoms with Crippen LogP contribution in [0.25, 0.3) is 10.1 Å². The maximum absolute atomic E-state index is 12.7. The third-order valence-corrected chi connectivity index (χ3v) is 5.30. The van der Waals surface area contributed by atoms with Crippen molar-refractivity contribution < 1.29 is 9.90 Å². The van der Waals surface area contributed by atoms with Gasteiger partial charge in [-0.1, -0.05) is 25.1 Å². The van der Waals surface area contributed by atoms with Crippen molar-refractivity contribution in [3.8, 4) is 0 Å². The molecule has 0 saturated carbocycles. The van der Waals surface area contributed by atoms with E-state index in [4.69, 9.17) is 0 Å². The lowest BCUT2D eigenvalue weighted by atomic mass is 9.91. The van der Waals surface area contributed by atoms with Crippen LogP contribution < -0.4 is 0 Å². The molecule has 2 aromatic rings. The molecule has 0 bridgehead atoms. The van der Waals surface area contributed by atoms with E-state index >= 15 is 0 Å². The lowest BCUT2D eigenvalue weighted by Gasteiger charge is -2.38. The average Bonchev–Trinajstić information content (AvgIpc) is 2.90. The minimum Gasteiger partial charge on any atom is -0.394 e. The van der Waals surface area contributed by atoms with E-state index in [2.05, 4.69) is 6.92 Å². The molecular weight excluding hydrogens is 270 g/mol. The standard InChI is InChI=1S/C16H19NO2S/c1-11-5-4-8-17(13(11)10-18)16(19)15-9-12-6-2-3-7-14(12)20-15/h2-3,6-7,9,11,13,18H,4-5,8,10H2,1H3. The van der Waals surface area contributed by atoms with Crippen LogP contribution in [0, 0.1) is 5.92 Å². The number of benzene rings is 1. The first-order chi connectivity index (χ1) is 9.70. The number of nitrogens with zero attached hydrogens (tertiary/aromatic N) is 1. The van der Waals surface area contributed by atoms with E-state index in [1.54, 1.807) is 0 Å². The normalized spacial score (nSPS) is 23.2. The number of aliphatic hydroxyl groups is 1. The molecule has 1 amide bonds. The minimum absolute atomic E-state index is 0.0403. The molecule has 3 nitrogen and oxygen atoms in total. The van der Waals surface area contributed by atoms with Crippen LogP contribution in [0.4, 0.5) is 0 Å². The summed E-state index contributed by atoms with van der Waals surface area (Å²) >= 11 is 1.54. The van der Waals surface area contributed by atoms with Crippen LogP contribution in [0.1, 0.15) is 29.4 Å². The molecule has 1 aliphatic rings. The van der Waals surface area contributed by atoms with Gasteiger partial charge < -0.3 is 10.0 Å². The van der Waals surface area contributed by atoms with Gasteiger partial charge in [0.05, 0.1) is 17.5 Å². The molecule has 106 valence electrons. The Balaban J connectivity index is 1.90. The van der Waals surface area contributed by atoms with Gasteiger partial charge in [-0.3, -0.25) is 4.79 Å². The summed E-state index contributed by atoms with van der Waals surface area (Å²) in [5, 5.41) is 10.7. The number of aliphatic hydroxyl groups excluding tert-OH is 1. The topological polar surface area (TPSA) is 40.5 Å². The summed E-state index contributed by atoms with van der Waals surface area (Å²) in [6.07, 6.45) is 2.11. The fraction of sp³-hybridized carbons (Fsp3) is 0.438. The predicted molar refractivity (Wildman–Crippen MR) is 82.1 cm³/mol. The number of hydrogen-bond donors (Lipinski definition) is 1. The van der Waals surface area contributed by atoms with Gasteiger partial charge in [-0.25, -0.2) is 0 Å². The van der Waals surface area contributed by atoms with Crippen LogP contribution in [0.5, 0.6) is 0 Å². The first-order valence-electron chi connectivity index (χ1n) is 7.11. The first kappa shape index (κ1) is 13.6. The van der Waals surface area contributed by atoms with Crippen LogP contribution in [-0.2, 0) is 0 Å². The van der Waals surface area contributed by atoms with Gasteiger partial charge in [0.1, 0.15) is 0 Å². The summed E-state index contributed by atoms with van der Waals surface area (Å²) < 4.78 is 1.14. The molecule has 2 atom stereocenters. The summed E-state index contributed by atoms with van der Waals surface area (Å²) in [6.45, 7) is 2.92. The number of carbonyl (C=O) groups is 1. The average molecular weight is 289 g/mol. The van der Waals surface area contributed by atoms with Crippen molar-refractivity contribution in [3.05, 3.63) is 35.2 Å². The minimum atomic E-state index is -0.0403. The van der Waals surface area contributed by atoms with Crippen molar-refractivity contribution >= 4 is 27.3 Å². The summed E-state index contributed by atoms with van der Waals surface area (Å²) in [7, 11) is 0. The number of hydrogen-bond acceptors (Lipinski definition) is 3. The quantitative estimate of drug-likeness (QED) is 0.922. The third kappa shape index (κ3) is 2.34. The van der Waals surface area contributed by atoms with Crippen molar-refractivity contribution in [1.29, 1.82) is 0 Å². The Morgan fingerprint density at radius 2 is 2.25 bits per heavy atom. The molecule has 0 spiro atoms.